The third-order valence-electron chi connectivity index (χ3n) is 4.07. The predicted molar refractivity (Wildman–Crippen MR) is 93.3 cm³/mol. The lowest BCUT2D eigenvalue weighted by molar-refractivity contribution is -0.121. The summed E-state index contributed by atoms with van der Waals surface area (Å²) in [5, 5.41) is 5.65. The van der Waals surface area contributed by atoms with Crippen molar-refractivity contribution in [1.82, 2.24) is 15.2 Å². The van der Waals surface area contributed by atoms with E-state index in [2.05, 4.69) is 15.6 Å². The van der Waals surface area contributed by atoms with Gasteiger partial charge in [-0.2, -0.15) is 0 Å². The Bertz CT molecular complexity index is 734. The molecule has 3 amide bonds. The van der Waals surface area contributed by atoms with Crippen LogP contribution in [0.3, 0.4) is 0 Å². The van der Waals surface area contributed by atoms with Crippen molar-refractivity contribution in [2.24, 2.45) is 0 Å². The number of ether oxygens (including phenoxy) is 1. The predicted octanol–water partition coefficient (Wildman–Crippen LogP) is 2.19. The van der Waals surface area contributed by atoms with Crippen LogP contribution in [0.5, 0.6) is 5.88 Å². The molecule has 1 saturated heterocycles. The number of carbonyl (C=O) groups is 2. The summed E-state index contributed by atoms with van der Waals surface area (Å²) in [6.07, 6.45) is 1.77. The molecule has 1 aliphatic rings. The number of aromatic nitrogens is 1. The van der Waals surface area contributed by atoms with Crippen LogP contribution in [0, 0.1) is 0 Å². The third kappa shape index (κ3) is 4.06. The molecule has 3 rings (SSSR count). The molecule has 1 aromatic heterocycles. The van der Waals surface area contributed by atoms with E-state index < -0.39 is 0 Å². The number of rotatable bonds is 3. The number of amides is 3. The van der Waals surface area contributed by atoms with Gasteiger partial charge in [-0.15, -0.1) is 0 Å². The van der Waals surface area contributed by atoms with Gasteiger partial charge in [0.2, 0.25) is 11.8 Å². The number of methoxy groups -OCH3 is 1. The molecule has 1 fully saturated rings. The number of hydrogen-bond acceptors (Lipinski definition) is 4. The zero-order chi connectivity index (χ0) is 17.6. The summed E-state index contributed by atoms with van der Waals surface area (Å²) in [7, 11) is 1.53. The van der Waals surface area contributed by atoms with Crippen LogP contribution in [0.1, 0.15) is 18.0 Å². The second kappa shape index (κ2) is 7.65. The van der Waals surface area contributed by atoms with Crippen LogP contribution in [-0.4, -0.2) is 42.0 Å². The molecule has 0 spiro atoms. The number of pyridine rings is 1. The molecule has 2 aromatic rings. The van der Waals surface area contributed by atoms with Crippen molar-refractivity contribution in [2.75, 3.05) is 25.5 Å². The van der Waals surface area contributed by atoms with Gasteiger partial charge < -0.3 is 20.3 Å². The highest BCUT2D eigenvalue weighted by Gasteiger charge is 2.29. The van der Waals surface area contributed by atoms with Crippen LogP contribution in [0.2, 0.25) is 0 Å². The second-order valence-corrected chi connectivity index (χ2v) is 5.69. The lowest BCUT2D eigenvalue weighted by atomic mass is 10.0. The summed E-state index contributed by atoms with van der Waals surface area (Å²) in [5.41, 5.74) is 1.50. The van der Waals surface area contributed by atoms with Gasteiger partial charge in [0.15, 0.2) is 0 Å². The van der Waals surface area contributed by atoms with Gasteiger partial charge in [0, 0.05) is 19.2 Å². The minimum Gasteiger partial charge on any atom is -0.481 e. The summed E-state index contributed by atoms with van der Waals surface area (Å²) in [6, 6.07) is 12.4. The minimum absolute atomic E-state index is 0.0599. The average molecular weight is 340 g/mol. The highest BCUT2D eigenvalue weighted by atomic mass is 16.5. The highest BCUT2D eigenvalue weighted by Crippen LogP contribution is 2.26. The number of anilines is 1. The Morgan fingerprint density at radius 2 is 2.08 bits per heavy atom. The molecular weight excluding hydrogens is 320 g/mol. The fourth-order valence-electron chi connectivity index (χ4n) is 2.82. The van der Waals surface area contributed by atoms with Gasteiger partial charge in [0.05, 0.1) is 31.5 Å². The molecule has 1 aliphatic heterocycles. The SMILES string of the molecule is COc1ccc(NC(=O)N2CCNC(=O)CC2c2ccccc2)cn1. The van der Waals surface area contributed by atoms with Crippen LogP contribution < -0.4 is 15.4 Å². The van der Waals surface area contributed by atoms with E-state index >= 15 is 0 Å². The standard InChI is InChI=1S/C18H20N4O3/c1-25-17-8-7-14(12-20-17)21-18(24)22-10-9-19-16(23)11-15(22)13-5-3-2-4-6-13/h2-8,12,15H,9-11H2,1H3,(H,19,23)(H,21,24). The van der Waals surface area contributed by atoms with Crippen LogP contribution >= 0.6 is 0 Å². The van der Waals surface area contributed by atoms with Crippen LogP contribution in [0.4, 0.5) is 10.5 Å². The van der Waals surface area contributed by atoms with Gasteiger partial charge in [-0.05, 0) is 11.6 Å². The molecule has 1 unspecified atom stereocenters. The summed E-state index contributed by atoms with van der Waals surface area (Å²) in [5.74, 6) is 0.417. The van der Waals surface area contributed by atoms with Crippen molar-refractivity contribution >= 4 is 17.6 Å². The first-order chi connectivity index (χ1) is 12.2. The number of benzene rings is 1. The van der Waals surface area contributed by atoms with Crippen LogP contribution in [0.15, 0.2) is 48.7 Å². The van der Waals surface area contributed by atoms with E-state index in [1.54, 1.807) is 17.0 Å². The van der Waals surface area contributed by atoms with Crippen molar-refractivity contribution in [3.05, 3.63) is 54.2 Å². The maximum absolute atomic E-state index is 12.8. The largest absolute Gasteiger partial charge is 0.481 e. The number of nitrogens with one attached hydrogen (secondary N) is 2. The number of carbonyl (C=O) groups excluding carboxylic acids is 2. The van der Waals surface area contributed by atoms with Crippen molar-refractivity contribution in [1.29, 1.82) is 0 Å². The lowest BCUT2D eigenvalue weighted by Gasteiger charge is -2.29. The summed E-state index contributed by atoms with van der Waals surface area (Å²) < 4.78 is 5.01. The number of nitrogens with zero attached hydrogens (tertiary/aromatic N) is 2. The zero-order valence-corrected chi connectivity index (χ0v) is 13.9. The van der Waals surface area contributed by atoms with E-state index in [-0.39, 0.29) is 24.4 Å². The molecule has 2 N–H and O–H groups in total. The first kappa shape index (κ1) is 16.8. The molecule has 1 aromatic carbocycles. The van der Waals surface area contributed by atoms with Crippen LogP contribution in [0.25, 0.3) is 0 Å². The van der Waals surface area contributed by atoms with Gasteiger partial charge in [-0.1, -0.05) is 30.3 Å². The summed E-state index contributed by atoms with van der Waals surface area (Å²) in [6.45, 7) is 0.858. The topological polar surface area (TPSA) is 83.6 Å². The van der Waals surface area contributed by atoms with E-state index in [4.69, 9.17) is 4.74 Å². The van der Waals surface area contributed by atoms with Crippen molar-refractivity contribution in [2.45, 2.75) is 12.5 Å². The Kier molecular flexibility index (Phi) is 5.13. The molecule has 0 saturated carbocycles. The van der Waals surface area contributed by atoms with E-state index in [1.165, 1.54) is 13.3 Å². The molecule has 0 bridgehead atoms. The molecule has 25 heavy (non-hydrogen) atoms. The number of hydrogen-bond donors (Lipinski definition) is 2. The summed E-state index contributed by atoms with van der Waals surface area (Å²) >= 11 is 0. The van der Waals surface area contributed by atoms with E-state index in [1.807, 2.05) is 30.3 Å². The van der Waals surface area contributed by atoms with Gasteiger partial charge in [0.1, 0.15) is 0 Å². The van der Waals surface area contributed by atoms with E-state index in [0.29, 0.717) is 24.7 Å². The Labute approximate surface area is 146 Å². The molecule has 2 heterocycles. The quantitative estimate of drug-likeness (QED) is 0.897. The van der Waals surface area contributed by atoms with E-state index in [9.17, 15) is 9.59 Å². The van der Waals surface area contributed by atoms with Gasteiger partial charge in [0.25, 0.3) is 0 Å². The van der Waals surface area contributed by atoms with Gasteiger partial charge >= 0.3 is 6.03 Å². The Hall–Kier alpha value is -3.09. The fraction of sp³-hybridized carbons (Fsp3) is 0.278. The number of urea groups is 1. The zero-order valence-electron chi connectivity index (χ0n) is 13.9. The summed E-state index contributed by atoms with van der Waals surface area (Å²) in [4.78, 5) is 30.5. The van der Waals surface area contributed by atoms with Gasteiger partial charge in [-0.3, -0.25) is 4.79 Å². The Morgan fingerprint density at radius 1 is 1.28 bits per heavy atom. The molecule has 7 heteroatoms. The van der Waals surface area contributed by atoms with Crippen molar-refractivity contribution < 1.29 is 14.3 Å². The smallest absolute Gasteiger partial charge is 0.322 e. The molecule has 7 nitrogen and oxygen atoms in total. The maximum Gasteiger partial charge on any atom is 0.322 e. The van der Waals surface area contributed by atoms with Gasteiger partial charge in [-0.25, -0.2) is 9.78 Å². The molecule has 0 radical (unpaired) electrons. The monoisotopic (exact) mass is 340 g/mol. The molecule has 130 valence electrons. The molecular formula is C18H20N4O3. The average Bonchev–Trinajstić information content (AvgIpc) is 2.84. The highest BCUT2D eigenvalue weighted by molar-refractivity contribution is 5.90. The Balaban J connectivity index is 1.80. The lowest BCUT2D eigenvalue weighted by Crippen LogP contribution is -2.39. The first-order valence-corrected chi connectivity index (χ1v) is 8.06. The van der Waals surface area contributed by atoms with E-state index in [0.717, 1.165) is 5.56 Å². The van der Waals surface area contributed by atoms with Crippen molar-refractivity contribution in [3.63, 3.8) is 0 Å². The molecule has 1 atom stereocenters. The van der Waals surface area contributed by atoms with Crippen LogP contribution in [-0.2, 0) is 4.79 Å². The fourth-order valence-corrected chi connectivity index (χ4v) is 2.82. The third-order valence-corrected chi connectivity index (χ3v) is 4.07. The first-order valence-electron chi connectivity index (χ1n) is 8.06. The molecule has 0 aliphatic carbocycles. The van der Waals surface area contributed by atoms with Crippen molar-refractivity contribution in [3.8, 4) is 5.88 Å². The normalized spacial score (nSPS) is 17.4. The maximum atomic E-state index is 12.8. The Morgan fingerprint density at radius 3 is 2.76 bits per heavy atom. The minimum atomic E-state index is -0.310. The second-order valence-electron chi connectivity index (χ2n) is 5.69.